The van der Waals surface area contributed by atoms with E-state index in [1.807, 2.05) is 24.4 Å². The fourth-order valence-corrected chi connectivity index (χ4v) is 5.00. The molecule has 0 unspecified atom stereocenters. The van der Waals surface area contributed by atoms with Gasteiger partial charge in [0.05, 0.1) is 26.1 Å². The Labute approximate surface area is 235 Å². The molecule has 40 heavy (non-hydrogen) atoms. The molecule has 1 aromatic heterocycles. The molecule has 0 amide bonds. The number of halogens is 1. The summed E-state index contributed by atoms with van der Waals surface area (Å²) in [6.07, 6.45) is 4.89. The van der Waals surface area contributed by atoms with Crippen molar-refractivity contribution in [3.63, 3.8) is 0 Å². The largest absolute Gasteiger partial charge is 0.493 e. The first kappa shape index (κ1) is 27.5. The zero-order valence-electron chi connectivity index (χ0n) is 23.4. The molecule has 2 heterocycles. The van der Waals surface area contributed by atoms with Gasteiger partial charge in [-0.25, -0.2) is 9.37 Å². The number of unbranched alkanes of at least 4 members (excludes halogenated alkanes) is 1. The van der Waals surface area contributed by atoms with Crippen LogP contribution in [0.3, 0.4) is 0 Å². The summed E-state index contributed by atoms with van der Waals surface area (Å²) in [5, 5.41) is 0. The van der Waals surface area contributed by atoms with Crippen molar-refractivity contribution < 1.29 is 23.3 Å². The van der Waals surface area contributed by atoms with Gasteiger partial charge in [0, 0.05) is 31.7 Å². The molecule has 3 aromatic carbocycles. The SMILES string of the molecule is CCCCn1c(CN(CCc2ccc(OC)c(OC)c2)Cc2ccc3c(c2)OCO3)cnc1-c1ccc(F)cc1. The van der Waals surface area contributed by atoms with Crippen LogP contribution < -0.4 is 18.9 Å². The Hall–Kier alpha value is -4.04. The molecule has 5 rings (SSSR count). The van der Waals surface area contributed by atoms with Gasteiger partial charge >= 0.3 is 0 Å². The molecular formula is C32H36FN3O4. The van der Waals surface area contributed by atoms with Gasteiger partial charge in [0.2, 0.25) is 6.79 Å². The molecular weight excluding hydrogens is 509 g/mol. The second kappa shape index (κ2) is 12.9. The van der Waals surface area contributed by atoms with Crippen molar-refractivity contribution in [1.82, 2.24) is 14.5 Å². The molecule has 0 spiro atoms. The molecule has 210 valence electrons. The zero-order valence-corrected chi connectivity index (χ0v) is 23.4. The normalized spacial score (nSPS) is 12.2. The van der Waals surface area contributed by atoms with Crippen LogP contribution in [0.15, 0.2) is 66.9 Å². The molecule has 0 bridgehead atoms. The van der Waals surface area contributed by atoms with E-state index in [9.17, 15) is 4.39 Å². The summed E-state index contributed by atoms with van der Waals surface area (Å²) in [5.41, 5.74) is 4.35. The van der Waals surface area contributed by atoms with Crippen molar-refractivity contribution >= 4 is 0 Å². The van der Waals surface area contributed by atoms with Gasteiger partial charge in [0.25, 0.3) is 0 Å². The Kier molecular flexibility index (Phi) is 8.86. The van der Waals surface area contributed by atoms with Crippen molar-refractivity contribution in [2.24, 2.45) is 0 Å². The standard InChI is InChI=1S/C32H36FN3O4/c1-4-5-15-36-27(19-34-32(36)25-8-10-26(33)11-9-25)21-35(20-24-7-13-29-31(18-24)40-22-39-29)16-14-23-6-12-28(37-2)30(17-23)38-3/h6-13,17-19H,4-5,14-16,20-22H2,1-3H3. The first-order valence-electron chi connectivity index (χ1n) is 13.7. The van der Waals surface area contributed by atoms with Crippen LogP contribution in [-0.2, 0) is 26.1 Å². The number of hydrogen-bond acceptors (Lipinski definition) is 6. The Morgan fingerprint density at radius 2 is 1.68 bits per heavy atom. The van der Waals surface area contributed by atoms with E-state index in [0.29, 0.717) is 6.54 Å². The summed E-state index contributed by atoms with van der Waals surface area (Å²) < 4.78 is 38.0. The number of rotatable bonds is 13. The third kappa shape index (κ3) is 6.39. The van der Waals surface area contributed by atoms with Gasteiger partial charge in [-0.15, -0.1) is 0 Å². The topological polar surface area (TPSA) is 58.0 Å². The summed E-state index contributed by atoms with van der Waals surface area (Å²) in [5.74, 6) is 3.62. The third-order valence-electron chi connectivity index (χ3n) is 7.17. The van der Waals surface area contributed by atoms with E-state index in [-0.39, 0.29) is 12.6 Å². The number of aromatic nitrogens is 2. The van der Waals surface area contributed by atoms with Gasteiger partial charge in [0.1, 0.15) is 11.6 Å². The van der Waals surface area contributed by atoms with Crippen LogP contribution in [0.2, 0.25) is 0 Å². The Balaban J connectivity index is 1.41. The van der Waals surface area contributed by atoms with Gasteiger partial charge in [-0.2, -0.15) is 0 Å². The first-order chi connectivity index (χ1) is 19.6. The predicted molar refractivity (Wildman–Crippen MR) is 152 cm³/mol. The quantitative estimate of drug-likeness (QED) is 0.192. The number of ether oxygens (including phenoxy) is 4. The predicted octanol–water partition coefficient (Wildman–Crippen LogP) is 6.48. The minimum absolute atomic E-state index is 0.249. The highest BCUT2D eigenvalue weighted by molar-refractivity contribution is 5.56. The van der Waals surface area contributed by atoms with Crippen LogP contribution in [0.5, 0.6) is 23.0 Å². The van der Waals surface area contributed by atoms with Gasteiger partial charge in [-0.05, 0) is 72.5 Å². The number of methoxy groups -OCH3 is 2. The molecule has 0 N–H and O–H groups in total. The number of nitrogens with zero attached hydrogens (tertiary/aromatic N) is 3. The molecule has 4 aromatic rings. The van der Waals surface area contributed by atoms with Crippen molar-refractivity contribution in [3.8, 4) is 34.4 Å². The van der Waals surface area contributed by atoms with Crippen LogP contribution in [0.25, 0.3) is 11.4 Å². The Bertz CT molecular complexity index is 1420. The molecule has 0 saturated heterocycles. The van der Waals surface area contributed by atoms with Gasteiger partial charge in [-0.1, -0.05) is 25.5 Å². The lowest BCUT2D eigenvalue weighted by atomic mass is 10.1. The number of benzene rings is 3. The molecule has 8 heteroatoms. The summed E-state index contributed by atoms with van der Waals surface area (Å²) in [6, 6.07) is 18.8. The maximum absolute atomic E-state index is 13.6. The molecule has 0 radical (unpaired) electrons. The smallest absolute Gasteiger partial charge is 0.231 e. The average molecular weight is 546 g/mol. The minimum Gasteiger partial charge on any atom is -0.493 e. The molecule has 0 aliphatic carbocycles. The molecule has 7 nitrogen and oxygen atoms in total. The highest BCUT2D eigenvalue weighted by Gasteiger charge is 2.18. The van der Waals surface area contributed by atoms with Gasteiger partial charge in [0.15, 0.2) is 23.0 Å². The van der Waals surface area contributed by atoms with Crippen molar-refractivity contribution in [2.75, 3.05) is 27.6 Å². The number of hydrogen-bond donors (Lipinski definition) is 0. The van der Waals surface area contributed by atoms with E-state index in [4.69, 9.17) is 23.9 Å². The van der Waals surface area contributed by atoms with Gasteiger partial charge in [-0.3, -0.25) is 4.90 Å². The fourth-order valence-electron chi connectivity index (χ4n) is 5.00. The van der Waals surface area contributed by atoms with E-state index in [0.717, 1.165) is 84.5 Å². The Morgan fingerprint density at radius 1 is 0.900 bits per heavy atom. The zero-order chi connectivity index (χ0) is 27.9. The summed E-state index contributed by atoms with van der Waals surface area (Å²) in [4.78, 5) is 7.20. The number of imidazole rings is 1. The molecule has 0 fully saturated rings. The lowest BCUT2D eigenvalue weighted by Gasteiger charge is -2.24. The second-order valence-electron chi connectivity index (χ2n) is 9.92. The lowest BCUT2D eigenvalue weighted by Crippen LogP contribution is -2.27. The fraction of sp³-hybridized carbons (Fsp3) is 0.344. The van der Waals surface area contributed by atoms with Crippen LogP contribution in [0.1, 0.15) is 36.6 Å². The van der Waals surface area contributed by atoms with Crippen molar-refractivity contribution in [2.45, 2.75) is 45.8 Å². The van der Waals surface area contributed by atoms with E-state index in [1.165, 1.54) is 17.7 Å². The minimum atomic E-state index is -0.249. The summed E-state index contributed by atoms with van der Waals surface area (Å²) in [7, 11) is 3.30. The van der Waals surface area contributed by atoms with E-state index >= 15 is 0 Å². The molecule has 1 aliphatic heterocycles. The van der Waals surface area contributed by atoms with E-state index < -0.39 is 0 Å². The monoisotopic (exact) mass is 545 g/mol. The molecule has 0 atom stereocenters. The summed E-state index contributed by atoms with van der Waals surface area (Å²) >= 11 is 0. The lowest BCUT2D eigenvalue weighted by molar-refractivity contribution is 0.174. The van der Waals surface area contributed by atoms with E-state index in [2.05, 4.69) is 34.6 Å². The molecule has 1 aliphatic rings. The maximum atomic E-state index is 13.6. The van der Waals surface area contributed by atoms with E-state index in [1.54, 1.807) is 26.4 Å². The van der Waals surface area contributed by atoms with Crippen LogP contribution >= 0.6 is 0 Å². The van der Waals surface area contributed by atoms with Gasteiger partial charge < -0.3 is 23.5 Å². The summed E-state index contributed by atoms with van der Waals surface area (Å²) in [6.45, 7) is 5.54. The second-order valence-corrected chi connectivity index (χ2v) is 9.92. The van der Waals surface area contributed by atoms with Crippen LogP contribution in [0, 0.1) is 5.82 Å². The molecule has 0 saturated carbocycles. The highest BCUT2D eigenvalue weighted by Crippen LogP contribution is 2.33. The van der Waals surface area contributed by atoms with Crippen molar-refractivity contribution in [1.29, 1.82) is 0 Å². The average Bonchev–Trinajstić information content (AvgIpc) is 3.61. The number of fused-ring (bicyclic) bond motifs is 1. The van der Waals surface area contributed by atoms with Crippen LogP contribution in [0.4, 0.5) is 4.39 Å². The third-order valence-corrected chi connectivity index (χ3v) is 7.17. The maximum Gasteiger partial charge on any atom is 0.231 e. The van der Waals surface area contributed by atoms with Crippen molar-refractivity contribution in [3.05, 3.63) is 89.5 Å². The first-order valence-corrected chi connectivity index (χ1v) is 13.7. The van der Waals surface area contributed by atoms with Crippen LogP contribution in [-0.4, -0.2) is 42.0 Å². The Morgan fingerprint density at radius 3 is 2.45 bits per heavy atom. The highest BCUT2D eigenvalue weighted by atomic mass is 19.1.